The first-order valence-electron chi connectivity index (χ1n) is 10.4. The smallest absolute Gasteiger partial charge is 0.175 e. The Bertz CT molecular complexity index is 1390. The number of hydrogen-bond donors (Lipinski definition) is 0. The maximum atomic E-state index is 13.5. The molecule has 0 spiro atoms. The lowest BCUT2D eigenvalue weighted by Gasteiger charge is -2.14. The van der Waals surface area contributed by atoms with Crippen LogP contribution in [-0.2, 0) is 9.84 Å². The van der Waals surface area contributed by atoms with Crippen molar-refractivity contribution in [2.75, 3.05) is 6.26 Å². The Balaban J connectivity index is 0.00000149. The van der Waals surface area contributed by atoms with Crippen LogP contribution in [0, 0.1) is 17.1 Å². The fourth-order valence-electron chi connectivity index (χ4n) is 3.34. The fraction of sp³-hybridized carbons (Fsp3) is 0.111. The number of nitrogens with zero attached hydrogens (tertiary/aromatic N) is 2. The number of pyridine rings is 1. The molecule has 0 aliphatic rings. The Morgan fingerprint density at radius 3 is 1.88 bits per heavy atom. The molecule has 4 nitrogen and oxygen atoms in total. The zero-order valence-electron chi connectivity index (χ0n) is 18.6. The minimum absolute atomic E-state index is 0.203. The van der Waals surface area contributed by atoms with E-state index in [1.165, 1.54) is 24.3 Å². The first kappa shape index (κ1) is 23.8. The van der Waals surface area contributed by atoms with Crippen LogP contribution in [0.4, 0.5) is 4.39 Å². The molecular formula is C27H23FN2O2S. The predicted molar refractivity (Wildman–Crippen MR) is 130 cm³/mol. The molecule has 4 aromatic rings. The molecule has 1 aromatic heterocycles. The molecule has 166 valence electrons. The summed E-state index contributed by atoms with van der Waals surface area (Å²) < 4.78 is 37.1. The summed E-state index contributed by atoms with van der Waals surface area (Å²) in [6, 6.07) is 25.7. The summed E-state index contributed by atoms with van der Waals surface area (Å²) in [7, 11) is -3.33. The van der Waals surface area contributed by atoms with Gasteiger partial charge in [0.15, 0.2) is 9.84 Å². The number of aromatic nitrogens is 1. The van der Waals surface area contributed by atoms with Crippen LogP contribution in [0.3, 0.4) is 0 Å². The van der Waals surface area contributed by atoms with Gasteiger partial charge in [-0.3, -0.25) is 0 Å². The van der Waals surface area contributed by atoms with Crippen molar-refractivity contribution in [2.45, 2.75) is 18.7 Å². The van der Waals surface area contributed by atoms with Gasteiger partial charge in [-0.2, -0.15) is 5.26 Å². The van der Waals surface area contributed by atoms with Crippen molar-refractivity contribution in [1.82, 2.24) is 4.98 Å². The minimum Gasteiger partial charge on any atom is -0.246 e. The summed E-state index contributed by atoms with van der Waals surface area (Å²) in [5.74, 6) is -0.361. The van der Waals surface area contributed by atoms with E-state index in [0.29, 0.717) is 33.6 Å². The van der Waals surface area contributed by atoms with E-state index in [-0.39, 0.29) is 10.7 Å². The average molecular weight is 459 g/mol. The van der Waals surface area contributed by atoms with E-state index in [1.807, 2.05) is 44.2 Å². The number of sulfone groups is 1. The van der Waals surface area contributed by atoms with E-state index in [2.05, 4.69) is 6.07 Å². The second-order valence-corrected chi connectivity index (χ2v) is 9.08. The molecular weight excluding hydrogens is 435 g/mol. The Morgan fingerprint density at radius 1 is 0.788 bits per heavy atom. The van der Waals surface area contributed by atoms with Gasteiger partial charge in [-0.15, -0.1) is 0 Å². The van der Waals surface area contributed by atoms with Crippen molar-refractivity contribution < 1.29 is 12.8 Å². The van der Waals surface area contributed by atoms with Gasteiger partial charge in [-0.05, 0) is 48.0 Å². The summed E-state index contributed by atoms with van der Waals surface area (Å²) in [6.45, 7) is 4.00. The molecule has 0 bridgehead atoms. The molecule has 0 atom stereocenters. The van der Waals surface area contributed by atoms with Gasteiger partial charge in [0.2, 0.25) is 0 Å². The third-order valence-corrected chi connectivity index (χ3v) is 6.03. The fourth-order valence-corrected chi connectivity index (χ4v) is 3.97. The Labute approximate surface area is 193 Å². The summed E-state index contributed by atoms with van der Waals surface area (Å²) in [5, 5.41) is 9.78. The van der Waals surface area contributed by atoms with Gasteiger partial charge in [0, 0.05) is 22.9 Å². The largest absolute Gasteiger partial charge is 0.246 e. The molecule has 0 unspecified atom stereocenters. The maximum absolute atomic E-state index is 13.5. The highest BCUT2D eigenvalue weighted by Gasteiger charge is 2.17. The number of rotatable bonds is 4. The lowest BCUT2D eigenvalue weighted by atomic mass is 9.95. The molecule has 0 radical (unpaired) electrons. The van der Waals surface area contributed by atoms with Gasteiger partial charge < -0.3 is 0 Å². The second-order valence-electron chi connectivity index (χ2n) is 7.06. The molecule has 3 aromatic carbocycles. The SMILES string of the molecule is CC.CS(=O)(=O)c1ccc(-c2cc(C#N)c(-c3ccccc3)nc2-c2ccc(F)cc2)cc1. The second kappa shape index (κ2) is 10.2. The minimum atomic E-state index is -3.33. The molecule has 0 fully saturated rings. The third kappa shape index (κ3) is 5.33. The summed E-state index contributed by atoms with van der Waals surface area (Å²) in [4.78, 5) is 5.00. The average Bonchev–Trinajstić information content (AvgIpc) is 2.85. The van der Waals surface area contributed by atoms with Gasteiger partial charge in [-0.25, -0.2) is 17.8 Å². The van der Waals surface area contributed by atoms with Crippen molar-refractivity contribution in [3.8, 4) is 39.7 Å². The van der Waals surface area contributed by atoms with E-state index in [1.54, 1.807) is 30.3 Å². The standard InChI is InChI=1S/C25H17FN2O2S.C2H6/c1-31(29,30)22-13-9-17(10-14-22)23-15-20(16-27)24(18-5-3-2-4-6-18)28-25(23)19-7-11-21(26)12-8-19;1-2/h2-15H,1H3;1-2H3. The van der Waals surface area contributed by atoms with Crippen molar-refractivity contribution in [3.63, 3.8) is 0 Å². The van der Waals surface area contributed by atoms with E-state index >= 15 is 0 Å². The quantitative estimate of drug-likeness (QED) is 0.349. The van der Waals surface area contributed by atoms with Gasteiger partial charge in [0.25, 0.3) is 0 Å². The van der Waals surface area contributed by atoms with Crippen LogP contribution < -0.4 is 0 Å². The zero-order chi connectivity index (χ0) is 24.0. The molecule has 0 saturated heterocycles. The molecule has 4 rings (SSSR count). The van der Waals surface area contributed by atoms with Gasteiger partial charge in [0.1, 0.15) is 11.9 Å². The summed E-state index contributed by atoms with van der Waals surface area (Å²) in [5.41, 5.74) is 4.33. The van der Waals surface area contributed by atoms with E-state index in [9.17, 15) is 18.1 Å². The molecule has 0 amide bonds. The third-order valence-electron chi connectivity index (χ3n) is 4.90. The summed E-state index contributed by atoms with van der Waals surface area (Å²) in [6.07, 6.45) is 1.15. The van der Waals surface area contributed by atoms with Crippen molar-refractivity contribution in [3.05, 3.63) is 96.3 Å². The van der Waals surface area contributed by atoms with E-state index in [4.69, 9.17) is 4.98 Å². The molecule has 0 aliphatic carbocycles. The Morgan fingerprint density at radius 2 is 1.33 bits per heavy atom. The molecule has 1 heterocycles. The van der Waals surface area contributed by atoms with Crippen LogP contribution in [0.2, 0.25) is 0 Å². The number of halogens is 1. The number of benzene rings is 3. The Kier molecular flexibility index (Phi) is 7.37. The number of nitriles is 1. The normalized spacial score (nSPS) is 10.6. The lowest BCUT2D eigenvalue weighted by Crippen LogP contribution is -1.98. The van der Waals surface area contributed by atoms with E-state index < -0.39 is 9.84 Å². The molecule has 33 heavy (non-hydrogen) atoms. The highest BCUT2D eigenvalue weighted by atomic mass is 32.2. The predicted octanol–water partition coefficient (Wildman–Crippen LogP) is 6.52. The van der Waals surface area contributed by atoms with Crippen LogP contribution in [-0.4, -0.2) is 19.7 Å². The zero-order valence-corrected chi connectivity index (χ0v) is 19.4. The molecule has 0 saturated carbocycles. The lowest BCUT2D eigenvalue weighted by molar-refractivity contribution is 0.602. The highest BCUT2D eigenvalue weighted by molar-refractivity contribution is 7.90. The van der Waals surface area contributed by atoms with Gasteiger partial charge in [0.05, 0.1) is 21.8 Å². The molecule has 6 heteroatoms. The first-order valence-corrected chi connectivity index (χ1v) is 12.3. The number of hydrogen-bond acceptors (Lipinski definition) is 4. The van der Waals surface area contributed by atoms with Crippen LogP contribution in [0.5, 0.6) is 0 Å². The van der Waals surface area contributed by atoms with Crippen molar-refractivity contribution >= 4 is 9.84 Å². The van der Waals surface area contributed by atoms with Crippen LogP contribution in [0.1, 0.15) is 19.4 Å². The Hall–Kier alpha value is -3.82. The highest BCUT2D eigenvalue weighted by Crippen LogP contribution is 2.35. The van der Waals surface area contributed by atoms with Crippen molar-refractivity contribution in [2.24, 2.45) is 0 Å². The van der Waals surface area contributed by atoms with Crippen LogP contribution in [0.15, 0.2) is 89.8 Å². The maximum Gasteiger partial charge on any atom is 0.175 e. The van der Waals surface area contributed by atoms with Crippen LogP contribution >= 0.6 is 0 Å². The summed E-state index contributed by atoms with van der Waals surface area (Å²) >= 11 is 0. The molecule has 0 N–H and O–H groups in total. The molecule has 0 aliphatic heterocycles. The topological polar surface area (TPSA) is 70.8 Å². The van der Waals surface area contributed by atoms with Crippen molar-refractivity contribution in [1.29, 1.82) is 5.26 Å². The van der Waals surface area contributed by atoms with E-state index in [0.717, 1.165) is 11.8 Å². The van der Waals surface area contributed by atoms with Gasteiger partial charge >= 0.3 is 0 Å². The monoisotopic (exact) mass is 458 g/mol. The van der Waals surface area contributed by atoms with Crippen LogP contribution in [0.25, 0.3) is 33.6 Å². The van der Waals surface area contributed by atoms with Gasteiger partial charge in [-0.1, -0.05) is 56.3 Å². The first-order chi connectivity index (χ1) is 15.9.